The number of rotatable bonds is 10. The molecule has 0 aliphatic rings. The molecule has 0 aromatic rings. The molecule has 0 fully saturated rings. The van der Waals surface area contributed by atoms with Gasteiger partial charge in [0.05, 0.1) is 39.6 Å². The van der Waals surface area contributed by atoms with Crippen molar-refractivity contribution in [3.8, 4) is 0 Å². The number of carbonyl (C=O) groups is 1. The molecule has 0 aromatic carbocycles. The molecule has 0 saturated heterocycles. The SMILES string of the molecule is CCN(CC(=O)OC)CC(O)COCCOC. The summed E-state index contributed by atoms with van der Waals surface area (Å²) in [6, 6.07) is 0. The first-order chi connectivity index (χ1) is 8.13. The Morgan fingerprint density at radius 3 is 2.59 bits per heavy atom. The summed E-state index contributed by atoms with van der Waals surface area (Å²) in [4.78, 5) is 12.9. The quantitative estimate of drug-likeness (QED) is 0.416. The van der Waals surface area contributed by atoms with E-state index >= 15 is 0 Å². The van der Waals surface area contributed by atoms with E-state index in [0.29, 0.717) is 26.3 Å². The van der Waals surface area contributed by atoms with E-state index in [2.05, 4.69) is 4.74 Å². The minimum atomic E-state index is -0.614. The zero-order valence-corrected chi connectivity index (χ0v) is 10.8. The lowest BCUT2D eigenvalue weighted by Gasteiger charge is -2.22. The molecule has 6 heteroatoms. The van der Waals surface area contributed by atoms with Crippen LogP contribution in [0, 0.1) is 0 Å². The predicted octanol–water partition coefficient (Wildman–Crippen LogP) is -0.495. The molecule has 102 valence electrons. The third-order valence-corrected chi connectivity index (χ3v) is 2.24. The molecular weight excluding hydrogens is 226 g/mol. The number of hydrogen-bond acceptors (Lipinski definition) is 6. The summed E-state index contributed by atoms with van der Waals surface area (Å²) in [6.45, 7) is 4.36. The third-order valence-electron chi connectivity index (χ3n) is 2.24. The number of esters is 1. The highest BCUT2D eigenvalue weighted by Crippen LogP contribution is 1.95. The van der Waals surface area contributed by atoms with Gasteiger partial charge in [0.1, 0.15) is 0 Å². The summed E-state index contributed by atoms with van der Waals surface area (Å²) >= 11 is 0. The Morgan fingerprint density at radius 1 is 1.35 bits per heavy atom. The van der Waals surface area contributed by atoms with Gasteiger partial charge < -0.3 is 19.3 Å². The van der Waals surface area contributed by atoms with Crippen LogP contribution in [0.1, 0.15) is 6.92 Å². The third kappa shape index (κ3) is 9.05. The fraction of sp³-hybridized carbons (Fsp3) is 0.909. The maximum atomic E-state index is 11.1. The van der Waals surface area contributed by atoms with Crippen molar-refractivity contribution in [1.29, 1.82) is 0 Å². The van der Waals surface area contributed by atoms with Crippen LogP contribution < -0.4 is 0 Å². The topological polar surface area (TPSA) is 68.2 Å². The van der Waals surface area contributed by atoms with Gasteiger partial charge in [-0.2, -0.15) is 0 Å². The second kappa shape index (κ2) is 10.5. The number of nitrogens with zero attached hydrogens (tertiary/aromatic N) is 1. The molecule has 6 nitrogen and oxygen atoms in total. The lowest BCUT2D eigenvalue weighted by Crippen LogP contribution is -2.38. The summed E-state index contributed by atoms with van der Waals surface area (Å²) in [5.74, 6) is -0.306. The van der Waals surface area contributed by atoms with Crippen LogP contribution in [0.15, 0.2) is 0 Å². The molecule has 0 heterocycles. The van der Waals surface area contributed by atoms with Gasteiger partial charge in [-0.3, -0.25) is 9.69 Å². The number of ether oxygens (including phenoxy) is 3. The molecule has 0 aliphatic heterocycles. The molecular formula is C11H23NO5. The highest BCUT2D eigenvalue weighted by Gasteiger charge is 2.13. The Labute approximate surface area is 102 Å². The number of carbonyl (C=O) groups excluding carboxylic acids is 1. The Kier molecular flexibility index (Phi) is 10.0. The first-order valence-electron chi connectivity index (χ1n) is 5.67. The van der Waals surface area contributed by atoms with Crippen molar-refractivity contribution in [1.82, 2.24) is 4.90 Å². The lowest BCUT2D eigenvalue weighted by atomic mass is 10.3. The van der Waals surface area contributed by atoms with E-state index in [1.165, 1.54) is 7.11 Å². The Morgan fingerprint density at radius 2 is 2.06 bits per heavy atom. The highest BCUT2D eigenvalue weighted by molar-refractivity contribution is 5.71. The highest BCUT2D eigenvalue weighted by atomic mass is 16.5. The van der Waals surface area contributed by atoms with Crippen LogP contribution in [0.3, 0.4) is 0 Å². The molecule has 0 bridgehead atoms. The number of aliphatic hydroxyl groups is 1. The maximum Gasteiger partial charge on any atom is 0.319 e. The number of aliphatic hydroxyl groups excluding tert-OH is 1. The van der Waals surface area contributed by atoms with Crippen molar-refractivity contribution < 1.29 is 24.1 Å². The standard InChI is InChI=1S/C11H23NO5/c1-4-12(8-11(14)16-3)7-10(13)9-17-6-5-15-2/h10,13H,4-9H2,1-3H3. The van der Waals surface area contributed by atoms with Gasteiger partial charge in [-0.05, 0) is 6.54 Å². The molecule has 0 rings (SSSR count). The zero-order valence-electron chi connectivity index (χ0n) is 10.8. The molecule has 0 radical (unpaired) electrons. The van der Waals surface area contributed by atoms with Gasteiger partial charge in [-0.15, -0.1) is 0 Å². The zero-order chi connectivity index (χ0) is 13.1. The second-order valence-electron chi connectivity index (χ2n) is 3.63. The van der Waals surface area contributed by atoms with Crippen LogP contribution in [-0.2, 0) is 19.0 Å². The van der Waals surface area contributed by atoms with Crippen molar-refractivity contribution in [3.63, 3.8) is 0 Å². The fourth-order valence-corrected chi connectivity index (χ4v) is 1.26. The normalized spacial score (nSPS) is 12.8. The molecule has 0 saturated carbocycles. The Hall–Kier alpha value is -0.690. The number of hydrogen-bond donors (Lipinski definition) is 1. The van der Waals surface area contributed by atoms with Crippen LogP contribution in [0.25, 0.3) is 0 Å². The average Bonchev–Trinajstić information content (AvgIpc) is 2.33. The van der Waals surface area contributed by atoms with Gasteiger partial charge in [-0.25, -0.2) is 0 Å². The van der Waals surface area contributed by atoms with Gasteiger partial charge in [0, 0.05) is 13.7 Å². The first kappa shape index (κ1) is 16.3. The summed E-state index contributed by atoms with van der Waals surface area (Å²) in [6.07, 6.45) is -0.614. The number of likely N-dealkylation sites (N-methyl/N-ethyl adjacent to an activating group) is 1. The van der Waals surface area contributed by atoms with E-state index < -0.39 is 6.10 Å². The van der Waals surface area contributed by atoms with E-state index in [1.807, 2.05) is 6.92 Å². The van der Waals surface area contributed by atoms with Crippen molar-refractivity contribution in [2.45, 2.75) is 13.0 Å². The first-order valence-corrected chi connectivity index (χ1v) is 5.67. The fourth-order valence-electron chi connectivity index (χ4n) is 1.26. The van der Waals surface area contributed by atoms with Crippen LogP contribution in [0.2, 0.25) is 0 Å². The smallest absolute Gasteiger partial charge is 0.319 e. The van der Waals surface area contributed by atoms with E-state index in [-0.39, 0.29) is 19.1 Å². The van der Waals surface area contributed by atoms with Crippen molar-refractivity contribution in [2.24, 2.45) is 0 Å². The minimum Gasteiger partial charge on any atom is -0.468 e. The molecule has 0 amide bonds. The van der Waals surface area contributed by atoms with E-state index in [1.54, 1.807) is 12.0 Å². The largest absolute Gasteiger partial charge is 0.468 e. The Bertz CT molecular complexity index is 200. The van der Waals surface area contributed by atoms with Crippen molar-refractivity contribution >= 4 is 5.97 Å². The van der Waals surface area contributed by atoms with Gasteiger partial charge in [0.15, 0.2) is 0 Å². The Balaban J connectivity index is 3.73. The van der Waals surface area contributed by atoms with Crippen LogP contribution in [0.4, 0.5) is 0 Å². The molecule has 0 aliphatic carbocycles. The lowest BCUT2D eigenvalue weighted by molar-refractivity contribution is -0.142. The second-order valence-corrected chi connectivity index (χ2v) is 3.63. The van der Waals surface area contributed by atoms with Gasteiger partial charge >= 0.3 is 5.97 Å². The van der Waals surface area contributed by atoms with Crippen molar-refractivity contribution in [3.05, 3.63) is 0 Å². The van der Waals surface area contributed by atoms with E-state index in [0.717, 1.165) is 0 Å². The van der Waals surface area contributed by atoms with Crippen LogP contribution in [-0.4, -0.2) is 75.8 Å². The summed E-state index contributed by atoms with van der Waals surface area (Å²) in [7, 11) is 2.94. The van der Waals surface area contributed by atoms with E-state index in [4.69, 9.17) is 9.47 Å². The molecule has 17 heavy (non-hydrogen) atoms. The molecule has 0 spiro atoms. The summed E-state index contributed by atoms with van der Waals surface area (Å²) < 4.78 is 14.6. The number of methoxy groups -OCH3 is 2. The molecule has 1 unspecified atom stereocenters. The summed E-state index contributed by atoms with van der Waals surface area (Å²) in [5, 5.41) is 9.68. The van der Waals surface area contributed by atoms with E-state index in [9.17, 15) is 9.90 Å². The van der Waals surface area contributed by atoms with Gasteiger partial charge in [-0.1, -0.05) is 6.92 Å². The molecule has 0 aromatic heterocycles. The predicted molar refractivity (Wildman–Crippen MR) is 62.8 cm³/mol. The monoisotopic (exact) mass is 249 g/mol. The maximum absolute atomic E-state index is 11.1. The van der Waals surface area contributed by atoms with Crippen molar-refractivity contribution in [2.75, 3.05) is 53.7 Å². The van der Waals surface area contributed by atoms with Gasteiger partial charge in [0.2, 0.25) is 0 Å². The minimum absolute atomic E-state index is 0.183. The summed E-state index contributed by atoms with van der Waals surface area (Å²) in [5.41, 5.74) is 0. The molecule has 1 atom stereocenters. The van der Waals surface area contributed by atoms with Crippen LogP contribution in [0.5, 0.6) is 0 Å². The van der Waals surface area contributed by atoms with Gasteiger partial charge in [0.25, 0.3) is 0 Å². The van der Waals surface area contributed by atoms with Crippen LogP contribution >= 0.6 is 0 Å². The molecule has 1 N–H and O–H groups in total. The average molecular weight is 249 g/mol.